The molecule has 1 aliphatic carbocycles. The molecule has 1 amide bonds. The SMILES string of the molecule is COc1cc(C(=O)N2CCO[C@](CCN3CCC(C(=O)O)(C4CCCCC4)CC3)(c3ccc(Cl)c(Cl)c3)C2)cc(OC)c1OC. The van der Waals surface area contributed by atoms with E-state index in [0.29, 0.717) is 91.5 Å². The third-order valence-corrected chi connectivity index (χ3v) is 11.0. The molecule has 11 heteroatoms. The Morgan fingerprint density at radius 3 is 2.18 bits per heavy atom. The van der Waals surface area contributed by atoms with Crippen LogP contribution in [0.5, 0.6) is 17.2 Å². The van der Waals surface area contributed by atoms with Gasteiger partial charge in [0.15, 0.2) is 11.5 Å². The quantitative estimate of drug-likeness (QED) is 0.307. The first-order chi connectivity index (χ1) is 21.7. The molecule has 5 rings (SSSR count). The summed E-state index contributed by atoms with van der Waals surface area (Å²) in [6.07, 6.45) is 7.36. The number of methoxy groups -OCH3 is 3. The van der Waals surface area contributed by atoms with E-state index in [1.807, 2.05) is 12.1 Å². The van der Waals surface area contributed by atoms with Gasteiger partial charge in [-0.15, -0.1) is 0 Å². The summed E-state index contributed by atoms with van der Waals surface area (Å²) in [4.78, 5) is 30.7. The van der Waals surface area contributed by atoms with Crippen LogP contribution in [0.3, 0.4) is 0 Å². The highest BCUT2D eigenvalue weighted by molar-refractivity contribution is 6.42. The highest BCUT2D eigenvalue weighted by atomic mass is 35.5. The summed E-state index contributed by atoms with van der Waals surface area (Å²) in [5.74, 6) is 0.655. The Morgan fingerprint density at radius 2 is 1.60 bits per heavy atom. The molecule has 1 saturated carbocycles. The number of likely N-dealkylation sites (tertiary alicyclic amines) is 1. The van der Waals surface area contributed by atoms with Crippen LogP contribution in [-0.2, 0) is 15.1 Å². The normalized spacial score (nSPS) is 22.6. The minimum atomic E-state index is -0.840. The minimum absolute atomic E-state index is 0.182. The monoisotopic (exact) mass is 662 g/mol. The van der Waals surface area contributed by atoms with Gasteiger partial charge in [-0.1, -0.05) is 48.5 Å². The molecule has 2 aromatic rings. The average molecular weight is 664 g/mol. The summed E-state index contributed by atoms with van der Waals surface area (Å²) in [5, 5.41) is 11.2. The maximum Gasteiger partial charge on any atom is 0.310 e. The Bertz CT molecular complexity index is 1350. The van der Waals surface area contributed by atoms with Gasteiger partial charge in [-0.3, -0.25) is 9.59 Å². The number of carboxylic acid groups (broad SMARTS) is 1. The number of piperidine rings is 1. The molecule has 0 radical (unpaired) electrons. The number of benzene rings is 2. The van der Waals surface area contributed by atoms with Crippen LogP contribution in [0.1, 0.15) is 67.3 Å². The molecule has 3 fully saturated rings. The smallest absolute Gasteiger partial charge is 0.310 e. The first kappa shape index (κ1) is 33.6. The van der Waals surface area contributed by atoms with Gasteiger partial charge in [-0.25, -0.2) is 0 Å². The number of rotatable bonds is 10. The second-order valence-electron chi connectivity index (χ2n) is 12.5. The molecule has 45 heavy (non-hydrogen) atoms. The fourth-order valence-electron chi connectivity index (χ4n) is 7.56. The van der Waals surface area contributed by atoms with E-state index in [2.05, 4.69) is 4.90 Å². The first-order valence-corrected chi connectivity index (χ1v) is 16.6. The van der Waals surface area contributed by atoms with Crippen LogP contribution in [-0.4, -0.2) is 87.4 Å². The van der Waals surface area contributed by atoms with E-state index in [9.17, 15) is 14.7 Å². The van der Waals surface area contributed by atoms with Crippen LogP contribution < -0.4 is 14.2 Å². The maximum absolute atomic E-state index is 14.0. The first-order valence-electron chi connectivity index (χ1n) is 15.8. The molecule has 9 nitrogen and oxygen atoms in total. The molecule has 2 aliphatic heterocycles. The molecule has 0 unspecified atom stereocenters. The van der Waals surface area contributed by atoms with Gasteiger partial charge < -0.3 is 33.9 Å². The van der Waals surface area contributed by atoms with E-state index in [0.717, 1.165) is 31.2 Å². The zero-order valence-corrected chi connectivity index (χ0v) is 27.9. The Labute approximate surface area is 275 Å². The molecule has 0 bridgehead atoms. The number of nitrogens with zero attached hydrogens (tertiary/aromatic N) is 2. The second-order valence-corrected chi connectivity index (χ2v) is 13.3. The highest BCUT2D eigenvalue weighted by Gasteiger charge is 2.48. The number of carboxylic acids is 1. The summed E-state index contributed by atoms with van der Waals surface area (Å²) in [6, 6.07) is 8.82. The van der Waals surface area contributed by atoms with Gasteiger partial charge in [0, 0.05) is 18.7 Å². The van der Waals surface area contributed by atoms with Crippen molar-refractivity contribution >= 4 is 35.1 Å². The van der Waals surface area contributed by atoms with Crippen LogP contribution >= 0.6 is 23.2 Å². The number of morpholine rings is 1. The third-order valence-electron chi connectivity index (χ3n) is 10.2. The second kappa shape index (κ2) is 14.4. The van der Waals surface area contributed by atoms with Crippen LogP contribution in [0.15, 0.2) is 30.3 Å². The fourth-order valence-corrected chi connectivity index (χ4v) is 7.86. The molecule has 246 valence electrons. The van der Waals surface area contributed by atoms with E-state index in [1.165, 1.54) is 27.8 Å². The molecule has 2 saturated heterocycles. The lowest BCUT2D eigenvalue weighted by Crippen LogP contribution is -2.54. The van der Waals surface area contributed by atoms with E-state index in [-0.39, 0.29) is 11.8 Å². The van der Waals surface area contributed by atoms with Gasteiger partial charge in [-0.2, -0.15) is 0 Å². The van der Waals surface area contributed by atoms with Gasteiger partial charge in [0.2, 0.25) is 5.75 Å². The number of carbonyl (C=O) groups is 2. The zero-order chi connectivity index (χ0) is 32.2. The minimum Gasteiger partial charge on any atom is -0.493 e. The lowest BCUT2D eigenvalue weighted by Gasteiger charge is -2.47. The molecule has 2 heterocycles. The van der Waals surface area contributed by atoms with Crippen molar-refractivity contribution in [3.63, 3.8) is 0 Å². The van der Waals surface area contributed by atoms with Gasteiger partial charge in [0.25, 0.3) is 5.91 Å². The fraction of sp³-hybridized carbons (Fsp3) is 0.588. The zero-order valence-electron chi connectivity index (χ0n) is 26.4. The van der Waals surface area contributed by atoms with Crippen molar-refractivity contribution < 1.29 is 33.6 Å². The van der Waals surface area contributed by atoms with Crippen molar-refractivity contribution in [1.29, 1.82) is 0 Å². The summed E-state index contributed by atoms with van der Waals surface area (Å²) in [7, 11) is 4.56. The number of hydrogen-bond acceptors (Lipinski definition) is 7. The van der Waals surface area contributed by atoms with Gasteiger partial charge in [0.1, 0.15) is 5.60 Å². The molecule has 0 spiro atoms. The number of ether oxygens (including phenoxy) is 4. The molecule has 2 aromatic carbocycles. The number of hydrogen-bond donors (Lipinski definition) is 1. The molecule has 1 N–H and O–H groups in total. The van der Waals surface area contributed by atoms with Crippen molar-refractivity contribution in [1.82, 2.24) is 9.80 Å². The summed E-state index contributed by atoms with van der Waals surface area (Å²) in [5.41, 5.74) is -0.215. The summed E-state index contributed by atoms with van der Waals surface area (Å²) in [6.45, 7) is 3.16. The molecular weight excluding hydrogens is 619 g/mol. The van der Waals surface area contributed by atoms with Crippen LogP contribution in [0, 0.1) is 11.3 Å². The Hall–Kier alpha value is -2.72. The standard InChI is InChI=1S/C34H44Cl2N2O7/c1-42-28-19-23(20-29(43-2)30(28)44-3)31(39)38-17-18-45-34(22-38,25-9-10-26(35)27(36)21-25)13-16-37-14-11-33(12-15-37,32(40)41)24-7-5-4-6-8-24/h9-10,19-21,24H,4-8,11-18,22H2,1-3H3,(H,40,41)/t34-/m0/s1. The molecular formula is C34H44Cl2N2O7. The lowest BCUT2D eigenvalue weighted by atomic mass is 9.64. The van der Waals surface area contributed by atoms with Gasteiger partial charge >= 0.3 is 5.97 Å². The highest BCUT2D eigenvalue weighted by Crippen LogP contribution is 2.47. The van der Waals surface area contributed by atoms with E-state index >= 15 is 0 Å². The summed E-state index contributed by atoms with van der Waals surface area (Å²) < 4.78 is 23.0. The number of halogens is 2. The predicted molar refractivity (Wildman–Crippen MR) is 173 cm³/mol. The maximum atomic E-state index is 14.0. The number of amides is 1. The average Bonchev–Trinajstić information content (AvgIpc) is 3.08. The largest absolute Gasteiger partial charge is 0.493 e. The predicted octanol–water partition coefficient (Wildman–Crippen LogP) is 6.52. The summed E-state index contributed by atoms with van der Waals surface area (Å²) >= 11 is 12.8. The van der Waals surface area contributed by atoms with Crippen molar-refractivity contribution in [2.45, 2.75) is 57.0 Å². The van der Waals surface area contributed by atoms with Gasteiger partial charge in [0.05, 0.1) is 49.9 Å². The molecule has 1 atom stereocenters. The van der Waals surface area contributed by atoms with Crippen molar-refractivity contribution in [2.24, 2.45) is 11.3 Å². The van der Waals surface area contributed by atoms with Crippen LogP contribution in [0.25, 0.3) is 0 Å². The van der Waals surface area contributed by atoms with E-state index < -0.39 is 17.0 Å². The molecule has 3 aliphatic rings. The van der Waals surface area contributed by atoms with Gasteiger partial charge in [-0.05, 0) is 80.9 Å². The topological polar surface area (TPSA) is 97.8 Å². The van der Waals surface area contributed by atoms with Crippen molar-refractivity contribution in [3.05, 3.63) is 51.5 Å². The molecule has 0 aromatic heterocycles. The Balaban J connectivity index is 1.37. The lowest BCUT2D eigenvalue weighted by molar-refractivity contribution is -0.158. The number of carbonyl (C=O) groups excluding carboxylic acids is 1. The van der Waals surface area contributed by atoms with Crippen molar-refractivity contribution in [3.8, 4) is 17.2 Å². The Kier molecular flexibility index (Phi) is 10.7. The Morgan fingerprint density at radius 1 is 0.933 bits per heavy atom. The van der Waals surface area contributed by atoms with E-state index in [1.54, 1.807) is 23.1 Å². The van der Waals surface area contributed by atoms with Crippen LogP contribution in [0.4, 0.5) is 0 Å². The van der Waals surface area contributed by atoms with Crippen LogP contribution in [0.2, 0.25) is 10.0 Å². The number of aliphatic carboxylic acids is 1. The van der Waals surface area contributed by atoms with E-state index in [4.69, 9.17) is 42.1 Å². The van der Waals surface area contributed by atoms with Crippen molar-refractivity contribution in [2.75, 3.05) is 60.7 Å². The third kappa shape index (κ3) is 6.87.